The third kappa shape index (κ3) is 2.68. The maximum Gasteiger partial charge on any atom is 0.0807 e. The van der Waals surface area contributed by atoms with Crippen LogP contribution >= 0.6 is 0 Å². The SMILES string of the molecule is CCCC(NCC)C1(C)CCCO1. The van der Waals surface area contributed by atoms with Gasteiger partial charge in [0.2, 0.25) is 0 Å². The smallest absolute Gasteiger partial charge is 0.0807 e. The molecule has 1 rings (SSSR count). The zero-order chi connectivity index (χ0) is 9.73. The number of hydrogen-bond acceptors (Lipinski definition) is 2. The molecule has 1 saturated heterocycles. The van der Waals surface area contributed by atoms with Gasteiger partial charge in [0.1, 0.15) is 0 Å². The summed E-state index contributed by atoms with van der Waals surface area (Å²) < 4.78 is 5.85. The van der Waals surface area contributed by atoms with Crippen molar-refractivity contribution < 1.29 is 4.74 Å². The van der Waals surface area contributed by atoms with E-state index in [0.717, 1.165) is 13.2 Å². The molecule has 0 aliphatic carbocycles. The molecule has 0 saturated carbocycles. The van der Waals surface area contributed by atoms with Crippen LogP contribution < -0.4 is 5.32 Å². The Labute approximate surface area is 82.0 Å². The first kappa shape index (κ1) is 11.0. The average molecular weight is 185 g/mol. The normalized spacial score (nSPS) is 30.7. The van der Waals surface area contributed by atoms with Crippen molar-refractivity contribution in [1.29, 1.82) is 0 Å². The zero-order valence-corrected chi connectivity index (χ0v) is 9.23. The molecule has 2 unspecified atom stereocenters. The van der Waals surface area contributed by atoms with Gasteiger partial charge in [-0.1, -0.05) is 20.3 Å². The van der Waals surface area contributed by atoms with Crippen molar-refractivity contribution in [3.63, 3.8) is 0 Å². The molecule has 0 amide bonds. The highest BCUT2D eigenvalue weighted by atomic mass is 16.5. The molecule has 1 fully saturated rings. The van der Waals surface area contributed by atoms with Crippen molar-refractivity contribution in [1.82, 2.24) is 5.32 Å². The van der Waals surface area contributed by atoms with E-state index in [1.165, 1.54) is 25.7 Å². The third-order valence-corrected chi connectivity index (χ3v) is 3.01. The molecular formula is C11H23NO. The Morgan fingerprint density at radius 1 is 1.46 bits per heavy atom. The van der Waals surface area contributed by atoms with Gasteiger partial charge >= 0.3 is 0 Å². The summed E-state index contributed by atoms with van der Waals surface area (Å²) in [5, 5.41) is 3.54. The van der Waals surface area contributed by atoms with Crippen molar-refractivity contribution in [2.24, 2.45) is 0 Å². The Hall–Kier alpha value is -0.0800. The van der Waals surface area contributed by atoms with Crippen LogP contribution in [0.25, 0.3) is 0 Å². The molecule has 78 valence electrons. The van der Waals surface area contributed by atoms with Crippen LogP contribution in [-0.2, 0) is 4.74 Å². The highest BCUT2D eigenvalue weighted by Gasteiger charge is 2.37. The summed E-state index contributed by atoms with van der Waals surface area (Å²) in [6.45, 7) is 8.65. The summed E-state index contributed by atoms with van der Waals surface area (Å²) in [5.74, 6) is 0. The van der Waals surface area contributed by atoms with E-state index in [-0.39, 0.29) is 5.60 Å². The van der Waals surface area contributed by atoms with Crippen molar-refractivity contribution in [2.45, 2.75) is 58.1 Å². The number of rotatable bonds is 5. The van der Waals surface area contributed by atoms with Crippen molar-refractivity contribution >= 4 is 0 Å². The van der Waals surface area contributed by atoms with Crippen LogP contribution in [0.5, 0.6) is 0 Å². The summed E-state index contributed by atoms with van der Waals surface area (Å²) in [6, 6.07) is 0.546. The van der Waals surface area contributed by atoms with Gasteiger partial charge < -0.3 is 10.1 Å². The molecule has 0 bridgehead atoms. The maximum absolute atomic E-state index is 5.85. The fourth-order valence-corrected chi connectivity index (χ4v) is 2.23. The summed E-state index contributed by atoms with van der Waals surface area (Å²) in [6.07, 6.45) is 4.90. The number of nitrogens with one attached hydrogen (secondary N) is 1. The largest absolute Gasteiger partial charge is 0.374 e. The summed E-state index contributed by atoms with van der Waals surface area (Å²) in [4.78, 5) is 0. The topological polar surface area (TPSA) is 21.3 Å². The van der Waals surface area contributed by atoms with Crippen LogP contribution in [0.3, 0.4) is 0 Å². The Morgan fingerprint density at radius 3 is 2.69 bits per heavy atom. The van der Waals surface area contributed by atoms with Crippen LogP contribution in [0.4, 0.5) is 0 Å². The van der Waals surface area contributed by atoms with Crippen molar-refractivity contribution in [3.05, 3.63) is 0 Å². The van der Waals surface area contributed by atoms with Gasteiger partial charge in [0.15, 0.2) is 0 Å². The van der Waals surface area contributed by atoms with Gasteiger partial charge in [-0.2, -0.15) is 0 Å². The Bertz CT molecular complexity index is 135. The van der Waals surface area contributed by atoms with Crippen molar-refractivity contribution in [2.75, 3.05) is 13.2 Å². The molecule has 0 aromatic rings. The van der Waals surface area contributed by atoms with Crippen LogP contribution in [0, 0.1) is 0 Å². The molecular weight excluding hydrogens is 162 g/mol. The lowest BCUT2D eigenvalue weighted by atomic mass is 9.90. The van der Waals surface area contributed by atoms with Crippen molar-refractivity contribution in [3.8, 4) is 0 Å². The minimum Gasteiger partial charge on any atom is -0.374 e. The van der Waals surface area contributed by atoms with Gasteiger partial charge in [0, 0.05) is 12.6 Å². The molecule has 0 spiro atoms. The predicted molar refractivity (Wildman–Crippen MR) is 56.0 cm³/mol. The van der Waals surface area contributed by atoms with Crippen LogP contribution in [0.15, 0.2) is 0 Å². The molecule has 1 N–H and O–H groups in total. The molecule has 1 aliphatic rings. The quantitative estimate of drug-likeness (QED) is 0.710. The van der Waals surface area contributed by atoms with Crippen LogP contribution in [0.2, 0.25) is 0 Å². The Morgan fingerprint density at radius 2 is 2.23 bits per heavy atom. The number of ether oxygens (including phenoxy) is 1. The van der Waals surface area contributed by atoms with E-state index in [0.29, 0.717) is 6.04 Å². The highest BCUT2D eigenvalue weighted by Crippen LogP contribution is 2.30. The molecule has 2 atom stereocenters. The summed E-state index contributed by atoms with van der Waals surface area (Å²) in [7, 11) is 0. The second-order valence-electron chi connectivity index (χ2n) is 4.16. The number of likely N-dealkylation sites (N-methyl/N-ethyl adjacent to an activating group) is 1. The lowest BCUT2D eigenvalue weighted by Gasteiger charge is -2.33. The second-order valence-corrected chi connectivity index (χ2v) is 4.16. The van der Waals surface area contributed by atoms with Gasteiger partial charge in [0.25, 0.3) is 0 Å². The highest BCUT2D eigenvalue weighted by molar-refractivity contribution is 4.92. The Kier molecular flexibility index (Phi) is 4.20. The van der Waals surface area contributed by atoms with Gasteiger partial charge in [-0.05, 0) is 32.7 Å². The average Bonchev–Trinajstić information content (AvgIpc) is 2.53. The molecule has 2 heteroatoms. The molecule has 0 aromatic carbocycles. The first-order chi connectivity index (χ1) is 6.23. The molecule has 2 nitrogen and oxygen atoms in total. The maximum atomic E-state index is 5.85. The van der Waals surface area contributed by atoms with Gasteiger partial charge in [0.05, 0.1) is 5.60 Å². The standard InChI is InChI=1S/C11H23NO/c1-4-7-10(12-5-2)11(3)8-6-9-13-11/h10,12H,4-9H2,1-3H3. The first-order valence-corrected chi connectivity index (χ1v) is 5.60. The first-order valence-electron chi connectivity index (χ1n) is 5.60. The fourth-order valence-electron chi connectivity index (χ4n) is 2.23. The lowest BCUT2D eigenvalue weighted by Crippen LogP contribution is -2.48. The predicted octanol–water partition coefficient (Wildman–Crippen LogP) is 2.33. The second kappa shape index (κ2) is 4.97. The minimum atomic E-state index is 0.103. The Balaban J connectivity index is 2.50. The van der Waals surface area contributed by atoms with Gasteiger partial charge in [-0.15, -0.1) is 0 Å². The molecule has 1 heterocycles. The summed E-state index contributed by atoms with van der Waals surface area (Å²) >= 11 is 0. The van der Waals surface area contributed by atoms with Gasteiger partial charge in [-0.3, -0.25) is 0 Å². The monoisotopic (exact) mass is 185 g/mol. The fraction of sp³-hybridized carbons (Fsp3) is 1.00. The minimum absolute atomic E-state index is 0.103. The molecule has 0 radical (unpaired) electrons. The van der Waals surface area contributed by atoms with Crippen LogP contribution in [-0.4, -0.2) is 24.8 Å². The van der Waals surface area contributed by atoms with E-state index in [9.17, 15) is 0 Å². The van der Waals surface area contributed by atoms with E-state index in [2.05, 4.69) is 26.1 Å². The number of hydrogen-bond donors (Lipinski definition) is 1. The third-order valence-electron chi connectivity index (χ3n) is 3.01. The van der Waals surface area contributed by atoms with E-state index in [1.807, 2.05) is 0 Å². The molecule has 1 aliphatic heterocycles. The van der Waals surface area contributed by atoms with E-state index < -0.39 is 0 Å². The van der Waals surface area contributed by atoms with E-state index >= 15 is 0 Å². The van der Waals surface area contributed by atoms with E-state index in [1.54, 1.807) is 0 Å². The molecule has 13 heavy (non-hydrogen) atoms. The van der Waals surface area contributed by atoms with Gasteiger partial charge in [-0.25, -0.2) is 0 Å². The van der Waals surface area contributed by atoms with E-state index in [4.69, 9.17) is 4.74 Å². The van der Waals surface area contributed by atoms with Crippen LogP contribution in [0.1, 0.15) is 46.5 Å². The summed E-state index contributed by atoms with van der Waals surface area (Å²) in [5.41, 5.74) is 0.103. The zero-order valence-electron chi connectivity index (χ0n) is 9.23. The lowest BCUT2D eigenvalue weighted by molar-refractivity contribution is -0.0136. The molecule has 0 aromatic heterocycles.